The Morgan fingerprint density at radius 1 is 0.489 bits per heavy atom. The van der Waals surface area contributed by atoms with Crippen LogP contribution in [0.5, 0.6) is 11.5 Å². The highest BCUT2D eigenvalue weighted by Crippen LogP contribution is 2.29. The molecule has 1 aromatic rings. The Kier molecular flexibility index (Phi) is 33.1. The van der Waals surface area contributed by atoms with Gasteiger partial charge in [-0.3, -0.25) is 3.53 Å². The average Bonchev–Trinajstić information content (AvgIpc) is 3.08. The van der Waals surface area contributed by atoms with Crippen LogP contribution in [0.25, 0.3) is 0 Å². The second-order valence-electron chi connectivity index (χ2n) is 13.0. The van der Waals surface area contributed by atoms with E-state index >= 15 is 0 Å². The highest BCUT2D eigenvalue weighted by molar-refractivity contribution is 14.1. The third kappa shape index (κ3) is 29.1. The van der Waals surface area contributed by atoms with Crippen LogP contribution >= 0.6 is 22.9 Å². The van der Waals surface area contributed by atoms with E-state index in [2.05, 4.69) is 107 Å². The molecule has 0 radical (unpaired) electrons. The molecule has 0 unspecified atom stereocenters. The molecule has 3 nitrogen and oxygen atoms in total. The first kappa shape index (κ1) is 43.5. The molecule has 0 saturated carbocycles. The second-order valence-corrected chi connectivity index (χ2v) is 13.7. The molecule has 0 amide bonds. The van der Waals surface area contributed by atoms with E-state index in [-0.39, 0.29) is 0 Å². The molecule has 0 aliphatic carbocycles. The summed E-state index contributed by atoms with van der Waals surface area (Å²) < 4.78 is 15.7. The van der Waals surface area contributed by atoms with Crippen molar-refractivity contribution in [2.24, 2.45) is 0 Å². The molecule has 0 atom stereocenters. The van der Waals surface area contributed by atoms with Crippen molar-refractivity contribution in [1.82, 2.24) is 3.53 Å². The van der Waals surface area contributed by atoms with Gasteiger partial charge < -0.3 is 9.47 Å². The molecule has 0 aliphatic rings. The van der Waals surface area contributed by atoms with Crippen molar-refractivity contribution < 1.29 is 9.47 Å². The molecule has 4 heteroatoms. The lowest BCUT2D eigenvalue weighted by Crippen LogP contribution is -2.05. The lowest BCUT2D eigenvalue weighted by molar-refractivity contribution is 0.258. The van der Waals surface area contributed by atoms with Gasteiger partial charge in [0.1, 0.15) is 0 Å². The quantitative estimate of drug-likeness (QED) is 0.0328. The maximum absolute atomic E-state index is 6.25. The Balaban J connectivity index is 2.11. The molecule has 1 N–H and O–H groups in total. The molecule has 0 bridgehead atoms. The van der Waals surface area contributed by atoms with Crippen molar-refractivity contribution in [3.8, 4) is 11.5 Å². The van der Waals surface area contributed by atoms with Crippen LogP contribution < -0.4 is 13.0 Å². The van der Waals surface area contributed by atoms with Crippen LogP contribution in [0.3, 0.4) is 0 Å². The van der Waals surface area contributed by atoms with Gasteiger partial charge in [0.15, 0.2) is 11.5 Å². The van der Waals surface area contributed by atoms with E-state index in [0.29, 0.717) is 0 Å². The largest absolute Gasteiger partial charge is 0.490 e. The topological polar surface area (TPSA) is 30.5 Å². The summed E-state index contributed by atoms with van der Waals surface area (Å²) in [5.41, 5.74) is 1.23. The summed E-state index contributed by atoms with van der Waals surface area (Å²) >= 11 is 2.20. The molecule has 0 fully saturated rings. The van der Waals surface area contributed by atoms with Crippen molar-refractivity contribution >= 4 is 22.9 Å². The number of unbranched alkanes of at least 4 members (excludes halogenated alkanes) is 18. The van der Waals surface area contributed by atoms with Crippen molar-refractivity contribution in [3.63, 3.8) is 0 Å². The normalized spacial score (nSPS) is 12.1. The number of nitrogens with one attached hydrogen (secondary N) is 1. The third-order valence-corrected chi connectivity index (χ3v) is 8.87. The molecule has 0 heterocycles. The van der Waals surface area contributed by atoms with Crippen LogP contribution in [0.2, 0.25) is 0 Å². The van der Waals surface area contributed by atoms with E-state index in [1.54, 1.807) is 0 Å². The van der Waals surface area contributed by atoms with Gasteiger partial charge in [0.2, 0.25) is 0 Å². The van der Waals surface area contributed by atoms with Gasteiger partial charge >= 0.3 is 0 Å². The van der Waals surface area contributed by atoms with Crippen LogP contribution in [0.1, 0.15) is 174 Å². The van der Waals surface area contributed by atoms with E-state index in [1.807, 2.05) is 0 Å². The smallest absolute Gasteiger partial charge is 0.161 e. The molecule has 47 heavy (non-hydrogen) atoms. The Morgan fingerprint density at radius 3 is 1.34 bits per heavy atom. The minimum Gasteiger partial charge on any atom is -0.490 e. The van der Waals surface area contributed by atoms with E-state index < -0.39 is 0 Å². The summed E-state index contributed by atoms with van der Waals surface area (Å²) in [4.78, 5) is 0. The molecular formula is C43H72INO2. The Bertz CT molecular complexity index is 922. The van der Waals surface area contributed by atoms with Crippen LogP contribution in [0, 0.1) is 0 Å². The summed E-state index contributed by atoms with van der Waals surface area (Å²) in [7, 11) is 0. The van der Waals surface area contributed by atoms with Crippen molar-refractivity contribution in [1.29, 1.82) is 0 Å². The summed E-state index contributed by atoms with van der Waals surface area (Å²) in [5.74, 6) is 1.79. The van der Waals surface area contributed by atoms with E-state index in [9.17, 15) is 0 Å². The predicted molar refractivity (Wildman–Crippen MR) is 217 cm³/mol. The highest BCUT2D eigenvalue weighted by atomic mass is 127. The molecule has 1 rings (SSSR count). The molecular weight excluding hydrogens is 689 g/mol. The fraction of sp³-hybridized carbons (Fsp3) is 0.674. The van der Waals surface area contributed by atoms with Gasteiger partial charge in [0, 0.05) is 29.4 Å². The maximum atomic E-state index is 6.25. The molecule has 0 spiro atoms. The van der Waals surface area contributed by atoms with Gasteiger partial charge in [0.05, 0.1) is 13.2 Å². The SMILES string of the molecule is CCCCC/C=C\C/C=C\CCCCCCCCOc1ccc(CNI)cc1OCCCCCCCC/C=C\C/C=C\CCCCC. The first-order valence-electron chi connectivity index (χ1n) is 19.6. The van der Waals surface area contributed by atoms with Crippen LogP contribution in [0.4, 0.5) is 0 Å². The molecule has 1 aromatic carbocycles. The van der Waals surface area contributed by atoms with Gasteiger partial charge in [0.25, 0.3) is 0 Å². The van der Waals surface area contributed by atoms with E-state index in [4.69, 9.17) is 9.47 Å². The lowest BCUT2D eigenvalue weighted by atomic mass is 10.1. The third-order valence-electron chi connectivity index (χ3n) is 8.48. The number of rotatable bonds is 34. The predicted octanol–water partition coefficient (Wildman–Crippen LogP) is 14.5. The second kappa shape index (κ2) is 35.8. The van der Waals surface area contributed by atoms with E-state index in [1.165, 1.54) is 134 Å². The number of ether oxygens (including phenoxy) is 2. The first-order chi connectivity index (χ1) is 23.3. The van der Waals surface area contributed by atoms with Crippen molar-refractivity contribution in [3.05, 3.63) is 72.4 Å². The zero-order valence-electron chi connectivity index (χ0n) is 30.6. The summed E-state index contributed by atoms with van der Waals surface area (Å²) in [5, 5.41) is 0. The Labute approximate surface area is 306 Å². The fourth-order valence-electron chi connectivity index (χ4n) is 5.52. The maximum Gasteiger partial charge on any atom is 0.161 e. The standard InChI is InChI=1S/C43H72INO2/c1-3-5-7-9-11-13-15-17-19-21-23-25-27-29-31-33-37-46-42-36-35-41(40-45-44)39-43(42)47-38-34-32-30-28-26-24-22-20-18-16-14-12-10-8-6-4-2/h11-14,17-20,35-36,39,45H,3-10,15-16,21-34,37-38,40H2,1-2H3/b13-11-,14-12-,19-17-,20-18-. The minimum absolute atomic E-state index is 0.761. The van der Waals surface area contributed by atoms with Gasteiger partial charge in [-0.05, 0) is 94.7 Å². The summed E-state index contributed by atoms with van der Waals surface area (Å²) in [6, 6.07) is 6.38. The van der Waals surface area contributed by atoms with Gasteiger partial charge in [-0.15, -0.1) is 0 Å². The number of hydrogen-bond acceptors (Lipinski definition) is 3. The number of halogens is 1. The highest BCUT2D eigenvalue weighted by Gasteiger charge is 2.07. The average molecular weight is 762 g/mol. The van der Waals surface area contributed by atoms with Gasteiger partial charge in [-0.25, -0.2) is 0 Å². The van der Waals surface area contributed by atoms with E-state index in [0.717, 1.165) is 56.9 Å². The number of hydrogen-bond donors (Lipinski definition) is 1. The molecule has 0 aromatic heterocycles. The lowest BCUT2D eigenvalue weighted by Gasteiger charge is -2.14. The zero-order valence-corrected chi connectivity index (χ0v) is 32.8. The molecule has 268 valence electrons. The monoisotopic (exact) mass is 761 g/mol. The number of allylic oxidation sites excluding steroid dienone is 8. The minimum atomic E-state index is 0.761. The Morgan fingerprint density at radius 2 is 0.894 bits per heavy atom. The van der Waals surface area contributed by atoms with Crippen LogP contribution in [-0.2, 0) is 6.54 Å². The molecule has 0 saturated heterocycles. The van der Waals surface area contributed by atoms with Crippen LogP contribution in [-0.4, -0.2) is 13.2 Å². The number of benzene rings is 1. The van der Waals surface area contributed by atoms with Crippen LogP contribution in [0.15, 0.2) is 66.8 Å². The van der Waals surface area contributed by atoms with Crippen molar-refractivity contribution in [2.45, 2.75) is 174 Å². The van der Waals surface area contributed by atoms with Gasteiger partial charge in [-0.1, -0.05) is 146 Å². The molecule has 0 aliphatic heterocycles. The Hall–Kier alpha value is -1.53. The summed E-state index contributed by atoms with van der Waals surface area (Å²) in [6.07, 6.45) is 49.0. The zero-order chi connectivity index (χ0) is 33.7. The summed E-state index contributed by atoms with van der Waals surface area (Å²) in [6.45, 7) is 6.88. The van der Waals surface area contributed by atoms with Crippen molar-refractivity contribution in [2.75, 3.05) is 13.2 Å². The first-order valence-corrected chi connectivity index (χ1v) is 20.7. The van der Waals surface area contributed by atoms with Gasteiger partial charge in [-0.2, -0.15) is 0 Å². The fourth-order valence-corrected chi connectivity index (χ4v) is 5.96.